The van der Waals surface area contributed by atoms with E-state index in [2.05, 4.69) is 10.1 Å². The molecule has 0 bridgehead atoms. The zero-order valence-electron chi connectivity index (χ0n) is 10.8. The van der Waals surface area contributed by atoms with Crippen molar-refractivity contribution in [3.63, 3.8) is 0 Å². The second kappa shape index (κ2) is 5.01. The number of hydrogen-bond acceptors (Lipinski definition) is 5. The fraction of sp³-hybridized carbons (Fsp3) is 0.429. The summed E-state index contributed by atoms with van der Waals surface area (Å²) in [4.78, 5) is 4.08. The Morgan fingerprint density at radius 3 is 3.16 bits per heavy atom. The first kappa shape index (κ1) is 12.2. The molecule has 1 aromatic heterocycles. The highest BCUT2D eigenvalue weighted by molar-refractivity contribution is 5.38. The van der Waals surface area contributed by atoms with Crippen LogP contribution < -0.4 is 4.74 Å². The van der Waals surface area contributed by atoms with Crippen LogP contribution in [0.4, 0.5) is 0 Å². The highest BCUT2D eigenvalue weighted by Gasteiger charge is 2.18. The van der Waals surface area contributed by atoms with Crippen LogP contribution in [0.15, 0.2) is 22.7 Å². The van der Waals surface area contributed by atoms with Gasteiger partial charge in [-0.15, -0.1) is 0 Å². The molecule has 1 heterocycles. The van der Waals surface area contributed by atoms with Crippen molar-refractivity contribution >= 4 is 0 Å². The van der Waals surface area contributed by atoms with Gasteiger partial charge in [-0.1, -0.05) is 11.2 Å². The van der Waals surface area contributed by atoms with Gasteiger partial charge in [-0.25, -0.2) is 0 Å². The van der Waals surface area contributed by atoms with Crippen molar-refractivity contribution in [2.24, 2.45) is 0 Å². The number of aliphatic hydroxyl groups is 1. The van der Waals surface area contributed by atoms with E-state index in [1.165, 1.54) is 5.56 Å². The van der Waals surface area contributed by atoms with Gasteiger partial charge in [0.15, 0.2) is 12.4 Å². The van der Waals surface area contributed by atoms with E-state index in [-0.39, 0.29) is 12.7 Å². The lowest BCUT2D eigenvalue weighted by Crippen LogP contribution is -2.09. The van der Waals surface area contributed by atoms with Crippen molar-refractivity contribution in [1.29, 1.82) is 0 Å². The Morgan fingerprint density at radius 2 is 2.37 bits per heavy atom. The number of rotatable bonds is 3. The minimum atomic E-state index is -0.377. The Hall–Kier alpha value is -1.88. The van der Waals surface area contributed by atoms with E-state index in [0.29, 0.717) is 11.7 Å². The highest BCUT2D eigenvalue weighted by Crippen LogP contribution is 2.32. The number of ether oxygens (including phenoxy) is 1. The number of aryl methyl sites for hydroxylation is 2. The molecule has 0 fully saturated rings. The van der Waals surface area contributed by atoms with Crippen LogP contribution in [0.5, 0.6) is 5.75 Å². The van der Waals surface area contributed by atoms with E-state index in [1.807, 2.05) is 18.2 Å². The Labute approximate surface area is 111 Å². The zero-order valence-corrected chi connectivity index (χ0v) is 10.8. The summed E-state index contributed by atoms with van der Waals surface area (Å²) in [6.45, 7) is 2.01. The Bertz CT molecular complexity index is 580. The van der Waals surface area contributed by atoms with Crippen LogP contribution >= 0.6 is 0 Å². The topological polar surface area (TPSA) is 68.4 Å². The maximum atomic E-state index is 9.98. The monoisotopic (exact) mass is 260 g/mol. The number of hydrogen-bond donors (Lipinski definition) is 1. The van der Waals surface area contributed by atoms with Gasteiger partial charge >= 0.3 is 0 Å². The first-order chi connectivity index (χ1) is 9.22. The molecule has 1 aliphatic rings. The Balaban J connectivity index is 1.73. The molecule has 0 saturated heterocycles. The van der Waals surface area contributed by atoms with Gasteiger partial charge in [0.2, 0.25) is 0 Å². The highest BCUT2D eigenvalue weighted by atomic mass is 16.5. The summed E-state index contributed by atoms with van der Waals surface area (Å²) in [6.07, 6.45) is 2.50. The zero-order chi connectivity index (χ0) is 13.2. The summed E-state index contributed by atoms with van der Waals surface area (Å²) in [5, 5.41) is 13.7. The molecule has 0 aliphatic heterocycles. The van der Waals surface area contributed by atoms with Crippen LogP contribution in [-0.4, -0.2) is 15.2 Å². The Morgan fingerprint density at radius 1 is 1.47 bits per heavy atom. The van der Waals surface area contributed by atoms with Gasteiger partial charge in [0, 0.05) is 0 Å². The average Bonchev–Trinajstić information content (AvgIpc) is 2.83. The minimum absolute atomic E-state index is 0.246. The van der Waals surface area contributed by atoms with E-state index in [1.54, 1.807) is 6.92 Å². The van der Waals surface area contributed by atoms with Gasteiger partial charge in [0.05, 0.1) is 6.10 Å². The van der Waals surface area contributed by atoms with Gasteiger partial charge in [-0.05, 0) is 49.4 Å². The van der Waals surface area contributed by atoms with E-state index >= 15 is 0 Å². The maximum Gasteiger partial charge on any atom is 0.264 e. The van der Waals surface area contributed by atoms with Crippen molar-refractivity contribution in [2.45, 2.75) is 38.9 Å². The van der Waals surface area contributed by atoms with Crippen molar-refractivity contribution in [3.05, 3.63) is 41.0 Å². The first-order valence-corrected chi connectivity index (χ1v) is 6.45. The van der Waals surface area contributed by atoms with Crippen LogP contribution in [0.25, 0.3) is 0 Å². The van der Waals surface area contributed by atoms with Crippen molar-refractivity contribution in [1.82, 2.24) is 10.1 Å². The average molecular weight is 260 g/mol. The number of aliphatic hydroxyl groups excluding tert-OH is 1. The van der Waals surface area contributed by atoms with Gasteiger partial charge in [-0.2, -0.15) is 4.98 Å². The standard InChI is InChI=1S/C14H16N2O3/c1-9-15-14(19-16-9)8-18-11-6-5-10-3-2-4-13(17)12(10)7-11/h5-7,13,17H,2-4,8H2,1H3/t13-/m1/s1. The van der Waals surface area contributed by atoms with Crippen LogP contribution in [0.1, 0.15) is 41.8 Å². The van der Waals surface area contributed by atoms with Gasteiger partial charge in [0.25, 0.3) is 5.89 Å². The third-order valence-electron chi connectivity index (χ3n) is 3.33. The van der Waals surface area contributed by atoms with E-state index < -0.39 is 0 Å². The molecule has 0 amide bonds. The van der Waals surface area contributed by atoms with E-state index in [9.17, 15) is 5.11 Å². The molecular weight excluding hydrogens is 244 g/mol. The molecule has 0 saturated carbocycles. The number of fused-ring (bicyclic) bond motifs is 1. The summed E-state index contributed by atoms with van der Waals surface area (Å²) in [7, 11) is 0. The van der Waals surface area contributed by atoms with Crippen molar-refractivity contribution in [2.75, 3.05) is 0 Å². The summed E-state index contributed by atoms with van der Waals surface area (Å²) in [6, 6.07) is 5.84. The number of aromatic nitrogens is 2. The lowest BCUT2D eigenvalue weighted by Gasteiger charge is -2.21. The van der Waals surface area contributed by atoms with Gasteiger partial charge < -0.3 is 14.4 Å². The van der Waals surface area contributed by atoms with E-state index in [0.717, 1.165) is 30.6 Å². The molecule has 100 valence electrons. The quantitative estimate of drug-likeness (QED) is 0.917. The normalized spacial score (nSPS) is 18.1. The maximum absolute atomic E-state index is 9.98. The van der Waals surface area contributed by atoms with Crippen LogP contribution in [0.2, 0.25) is 0 Å². The lowest BCUT2D eigenvalue weighted by atomic mass is 9.89. The molecule has 19 heavy (non-hydrogen) atoms. The smallest absolute Gasteiger partial charge is 0.264 e. The molecule has 5 heteroatoms. The number of benzene rings is 1. The van der Waals surface area contributed by atoms with Crippen molar-refractivity contribution < 1.29 is 14.4 Å². The molecule has 1 N–H and O–H groups in total. The van der Waals surface area contributed by atoms with Crippen LogP contribution in [-0.2, 0) is 13.0 Å². The molecule has 0 radical (unpaired) electrons. The molecule has 2 aromatic rings. The SMILES string of the molecule is Cc1noc(COc2ccc3c(c2)[C@H](O)CCC3)n1. The fourth-order valence-electron chi connectivity index (χ4n) is 2.39. The molecule has 0 spiro atoms. The van der Waals surface area contributed by atoms with Gasteiger partial charge in [-0.3, -0.25) is 0 Å². The largest absolute Gasteiger partial charge is 0.484 e. The second-order valence-corrected chi connectivity index (χ2v) is 4.79. The lowest BCUT2D eigenvalue weighted by molar-refractivity contribution is 0.155. The van der Waals surface area contributed by atoms with Crippen molar-refractivity contribution in [3.8, 4) is 5.75 Å². The predicted octanol–water partition coefficient (Wildman–Crippen LogP) is 2.33. The minimum Gasteiger partial charge on any atom is -0.484 e. The molecule has 0 unspecified atom stereocenters. The third-order valence-corrected chi connectivity index (χ3v) is 3.33. The van der Waals surface area contributed by atoms with Gasteiger partial charge in [0.1, 0.15) is 5.75 Å². The Kier molecular flexibility index (Phi) is 3.21. The summed E-state index contributed by atoms with van der Waals surface area (Å²) >= 11 is 0. The first-order valence-electron chi connectivity index (χ1n) is 6.45. The van der Waals surface area contributed by atoms with E-state index in [4.69, 9.17) is 9.26 Å². The summed E-state index contributed by atoms with van der Waals surface area (Å²) < 4.78 is 10.6. The van der Waals surface area contributed by atoms with Crippen LogP contribution in [0.3, 0.4) is 0 Å². The molecule has 1 aromatic carbocycles. The summed E-state index contributed by atoms with van der Waals surface area (Å²) in [5.41, 5.74) is 2.19. The molecular formula is C14H16N2O3. The molecule has 3 rings (SSSR count). The number of nitrogens with zero attached hydrogens (tertiary/aromatic N) is 2. The summed E-state index contributed by atoms with van der Waals surface area (Å²) in [5.74, 6) is 1.77. The van der Waals surface area contributed by atoms with Crippen LogP contribution in [0, 0.1) is 6.92 Å². The molecule has 1 atom stereocenters. The molecule has 5 nitrogen and oxygen atoms in total. The predicted molar refractivity (Wildman–Crippen MR) is 67.7 cm³/mol. The second-order valence-electron chi connectivity index (χ2n) is 4.79. The molecule has 1 aliphatic carbocycles. The fourth-order valence-corrected chi connectivity index (χ4v) is 2.39. The third kappa shape index (κ3) is 2.61.